The SMILES string of the molecule is Cc1ccc(S(=O)(=O)Cc2cc(-c3c4nc(c(-c5cc(Cl)c([N+](=O)[O-])c(CS(=O)(=O)c6ccc(C)cc6)c5)c5ccc([nH]5)c(-c5cc(Cl)c([N+](=O)[O-])c(CS(=O)(=O)c6ccc(C)cc6)c5)c5nc(c(-c6cccc(Cl)c6)c6ccc3[nH]6)C=C5)C=C4)cc(Cl)c2[N+](=O)[O-])cc1. The fourth-order valence-electron chi connectivity index (χ4n) is 11.5. The van der Waals surface area contributed by atoms with Crippen molar-refractivity contribution in [3.63, 3.8) is 0 Å². The monoisotopic (exact) mass is 1390 g/mol. The number of sulfone groups is 3. The zero-order valence-electron chi connectivity index (χ0n) is 49.3. The van der Waals surface area contributed by atoms with Gasteiger partial charge in [0.2, 0.25) is 0 Å². The van der Waals surface area contributed by atoms with Crippen LogP contribution < -0.4 is 0 Å². The second-order valence-corrected chi connectivity index (χ2v) is 30.0. The minimum absolute atomic E-state index is 0.0934. The Kier molecular flexibility index (Phi) is 17.1. The van der Waals surface area contributed by atoms with Gasteiger partial charge in [0, 0.05) is 66.0 Å². The predicted octanol–water partition coefficient (Wildman–Crippen LogP) is 17.5. The highest BCUT2D eigenvalue weighted by Gasteiger charge is 2.32. The van der Waals surface area contributed by atoms with Crippen LogP contribution in [0.2, 0.25) is 20.1 Å². The first-order chi connectivity index (χ1) is 44.6. The van der Waals surface area contributed by atoms with Crippen LogP contribution >= 0.6 is 46.4 Å². The largest absolute Gasteiger partial charge is 0.354 e. The predicted molar refractivity (Wildman–Crippen MR) is 367 cm³/mol. The molecule has 0 fully saturated rings. The maximum atomic E-state index is 14.3. The van der Waals surface area contributed by atoms with Crippen molar-refractivity contribution in [1.82, 2.24) is 19.9 Å². The summed E-state index contributed by atoms with van der Waals surface area (Å²) in [6.07, 6.45) is 6.58. The van der Waals surface area contributed by atoms with Gasteiger partial charge in [-0.3, -0.25) is 30.3 Å². The van der Waals surface area contributed by atoms with Crippen molar-refractivity contribution in [3.8, 4) is 44.5 Å². The Morgan fingerprint density at radius 3 is 0.915 bits per heavy atom. The third-order valence-electron chi connectivity index (χ3n) is 15.9. The number of nitrogens with zero attached hydrogens (tertiary/aromatic N) is 5. The summed E-state index contributed by atoms with van der Waals surface area (Å²) in [6, 6.07) is 39.5. The number of aromatic amines is 2. The molecule has 2 N–H and O–H groups in total. The van der Waals surface area contributed by atoms with Gasteiger partial charge >= 0.3 is 0 Å². The highest BCUT2D eigenvalue weighted by atomic mass is 35.5. The summed E-state index contributed by atoms with van der Waals surface area (Å²) in [5, 5.41) is 37.9. The standard InChI is InChI=1S/C68H47Cl4N7O12S3/c1-37-7-13-48(14-8-37)92(86,87)34-44-27-41(31-51(70)66(44)77(80)81)63-56-21-19-54(73-56)62(40-5-4-6-47(69)30-40)55-20-22-57(74-55)64(42-28-45(67(78(82)83)52(71)32-42)35-93(88,89)49-15-9-38(2)10-16-49)59-24-26-61(76-59)65(60-25-23-58(63)75-60)43-29-46(68(79(84)85)53(72)33-43)36-94(90,91)50-17-11-39(3)12-18-50/h4-33,73,76H,34-36H2,1-3H3. The summed E-state index contributed by atoms with van der Waals surface area (Å²) in [5.41, 5.74) is 3.61. The van der Waals surface area contributed by atoms with Crippen molar-refractivity contribution >= 4 is 139 Å². The molecule has 472 valence electrons. The molecule has 0 atom stereocenters. The average molecular weight is 1390 g/mol. The van der Waals surface area contributed by atoms with E-state index in [4.69, 9.17) is 56.4 Å². The number of aryl methyl sites for hydroxylation is 3. The highest BCUT2D eigenvalue weighted by Crippen LogP contribution is 2.45. The van der Waals surface area contributed by atoms with E-state index in [0.717, 1.165) is 16.7 Å². The zero-order valence-corrected chi connectivity index (χ0v) is 54.8. The Balaban J connectivity index is 1.21. The number of hydrogen-bond acceptors (Lipinski definition) is 14. The molecule has 2 aliphatic heterocycles. The van der Waals surface area contributed by atoms with E-state index >= 15 is 0 Å². The van der Waals surface area contributed by atoms with Gasteiger partial charge in [-0.2, -0.15) is 0 Å². The number of hydrogen-bond donors (Lipinski definition) is 2. The van der Waals surface area contributed by atoms with Crippen molar-refractivity contribution in [2.24, 2.45) is 0 Å². The lowest BCUT2D eigenvalue weighted by Crippen LogP contribution is -2.08. The fraction of sp³-hybridized carbons (Fsp3) is 0.0882. The molecule has 26 heteroatoms. The molecule has 0 saturated heterocycles. The van der Waals surface area contributed by atoms with Gasteiger partial charge in [-0.25, -0.2) is 35.2 Å². The van der Waals surface area contributed by atoms with Crippen molar-refractivity contribution in [2.75, 3.05) is 0 Å². The van der Waals surface area contributed by atoms with E-state index in [1.54, 1.807) is 130 Å². The molecule has 10 aromatic rings. The Morgan fingerprint density at radius 2 is 0.649 bits per heavy atom. The quantitative estimate of drug-likeness (QED) is 0.0672. The molecule has 5 heterocycles. The van der Waals surface area contributed by atoms with Crippen LogP contribution in [-0.4, -0.2) is 60.0 Å². The number of nitro groups is 3. The Morgan fingerprint density at radius 1 is 0.372 bits per heavy atom. The summed E-state index contributed by atoms with van der Waals surface area (Å²) >= 11 is 27.5. The highest BCUT2D eigenvalue weighted by molar-refractivity contribution is 7.91. The Hall–Kier alpha value is -9.65. The smallest absolute Gasteiger partial charge is 0.292 e. The zero-order chi connectivity index (χ0) is 66.9. The Labute approximate surface area is 556 Å². The third-order valence-corrected chi connectivity index (χ3v) is 22.0. The fourth-order valence-corrected chi connectivity index (χ4v) is 16.7. The molecule has 0 spiro atoms. The van der Waals surface area contributed by atoms with Crippen LogP contribution in [0.4, 0.5) is 17.1 Å². The lowest BCUT2D eigenvalue weighted by molar-refractivity contribution is -0.385. The van der Waals surface area contributed by atoms with Crippen LogP contribution in [0, 0.1) is 51.1 Å². The Bertz CT molecular complexity index is 5380. The molecule has 0 unspecified atom stereocenters. The van der Waals surface area contributed by atoms with Gasteiger partial charge in [0.15, 0.2) is 29.5 Å². The van der Waals surface area contributed by atoms with Crippen LogP contribution in [0.25, 0.3) is 90.9 Å². The van der Waals surface area contributed by atoms with E-state index in [1.165, 1.54) is 72.8 Å². The van der Waals surface area contributed by atoms with Crippen LogP contribution in [0.5, 0.6) is 0 Å². The van der Waals surface area contributed by atoms with Crippen LogP contribution in [0.3, 0.4) is 0 Å². The summed E-state index contributed by atoms with van der Waals surface area (Å²) in [4.78, 5) is 53.6. The molecule has 19 nitrogen and oxygen atoms in total. The molecule has 12 rings (SSSR count). The van der Waals surface area contributed by atoms with E-state index in [2.05, 4.69) is 9.97 Å². The van der Waals surface area contributed by atoms with Gasteiger partial charge in [-0.15, -0.1) is 0 Å². The van der Waals surface area contributed by atoms with Gasteiger partial charge in [0.1, 0.15) is 15.1 Å². The minimum atomic E-state index is -4.32. The molecule has 0 radical (unpaired) electrons. The number of nitro benzene ring substituents is 3. The molecule has 0 amide bonds. The molecule has 3 aromatic heterocycles. The molecule has 2 aliphatic rings. The summed E-state index contributed by atoms with van der Waals surface area (Å²) < 4.78 is 85.4. The van der Waals surface area contributed by atoms with Gasteiger partial charge in [-0.1, -0.05) is 112 Å². The number of H-pyrrole nitrogens is 2. The second-order valence-electron chi connectivity index (χ2n) is 22.4. The van der Waals surface area contributed by atoms with Crippen molar-refractivity contribution in [2.45, 2.75) is 52.7 Å². The molecule has 7 aromatic carbocycles. The molecule has 94 heavy (non-hydrogen) atoms. The average Bonchev–Trinajstić information content (AvgIpc) is 1.45. The van der Waals surface area contributed by atoms with Gasteiger partial charge in [-0.05, 0) is 177 Å². The molecular formula is C68H47Cl4N7O12S3. The van der Waals surface area contributed by atoms with Gasteiger partial charge < -0.3 is 9.97 Å². The normalized spacial score (nSPS) is 12.3. The van der Waals surface area contributed by atoms with Crippen molar-refractivity contribution in [1.29, 1.82) is 0 Å². The molecule has 0 saturated carbocycles. The van der Waals surface area contributed by atoms with Crippen molar-refractivity contribution in [3.05, 3.63) is 264 Å². The first kappa shape index (κ1) is 64.5. The van der Waals surface area contributed by atoms with E-state index in [-0.39, 0.29) is 92.9 Å². The number of aromatic nitrogens is 4. The maximum absolute atomic E-state index is 14.3. The molecular weight excluding hydrogens is 1340 g/mol. The number of benzene rings is 7. The van der Waals surface area contributed by atoms with Gasteiger partial charge in [0.25, 0.3) is 17.1 Å². The third kappa shape index (κ3) is 12.7. The van der Waals surface area contributed by atoms with Gasteiger partial charge in [0.05, 0.1) is 69.5 Å². The first-order valence-corrected chi connectivity index (χ1v) is 34.8. The summed E-state index contributed by atoms with van der Waals surface area (Å²) in [5.74, 6) is -2.59. The maximum Gasteiger partial charge on any atom is 0.292 e. The lowest BCUT2D eigenvalue weighted by Gasteiger charge is -2.12. The summed E-state index contributed by atoms with van der Waals surface area (Å²) in [7, 11) is -12.9. The van der Waals surface area contributed by atoms with E-state index < -0.39 is 93.7 Å². The van der Waals surface area contributed by atoms with E-state index in [0.29, 0.717) is 32.9 Å². The number of fused-ring (bicyclic) bond motifs is 8. The lowest BCUT2D eigenvalue weighted by atomic mass is 10.0. The summed E-state index contributed by atoms with van der Waals surface area (Å²) in [6.45, 7) is 5.33. The number of rotatable bonds is 16. The number of nitrogens with one attached hydrogen (secondary N) is 2. The van der Waals surface area contributed by atoms with Crippen LogP contribution in [0.15, 0.2) is 172 Å². The van der Waals surface area contributed by atoms with E-state index in [1.807, 2.05) is 0 Å². The molecule has 8 bridgehead atoms. The van der Waals surface area contributed by atoms with Crippen molar-refractivity contribution < 1.29 is 40.0 Å². The van der Waals surface area contributed by atoms with Crippen LogP contribution in [-0.2, 0) is 46.8 Å². The minimum Gasteiger partial charge on any atom is -0.354 e. The van der Waals surface area contributed by atoms with E-state index in [9.17, 15) is 55.6 Å². The first-order valence-electron chi connectivity index (χ1n) is 28.3. The second kappa shape index (κ2) is 25.0. The number of halogens is 4. The van der Waals surface area contributed by atoms with Crippen LogP contribution in [0.1, 0.15) is 56.2 Å². The molecule has 0 aliphatic carbocycles. The topological polar surface area (TPSA) is 289 Å².